The number of pyridine rings is 1. The van der Waals surface area contributed by atoms with Crippen LogP contribution in [-0.2, 0) is 6.42 Å². The molecule has 1 amide bonds. The summed E-state index contributed by atoms with van der Waals surface area (Å²) >= 11 is 5.84. The van der Waals surface area contributed by atoms with Gasteiger partial charge < -0.3 is 9.64 Å². The molecule has 0 radical (unpaired) electrons. The monoisotopic (exact) mass is 406 g/mol. The number of amides is 1. The zero-order chi connectivity index (χ0) is 19.8. The van der Waals surface area contributed by atoms with Crippen molar-refractivity contribution in [1.82, 2.24) is 4.98 Å². The lowest BCUT2D eigenvalue weighted by molar-refractivity contribution is -0.154. The maximum atomic E-state index is 14.2. The average molecular weight is 407 g/mol. The smallest absolute Gasteiger partial charge is 0.422 e. The van der Waals surface area contributed by atoms with Crippen molar-refractivity contribution >= 4 is 23.2 Å². The Morgan fingerprint density at radius 3 is 2.67 bits per heavy atom. The standard InChI is InChI=1S/C17H12ClF5N2O2/c18-12-5-10(7-24-15(12)27-8-17(21,22)23)16(26)25-3-1-2-9-4-11(19)6-13(20)14(9)25/h4-7H,1-3,8H2. The second kappa shape index (κ2) is 7.30. The van der Waals surface area contributed by atoms with Crippen molar-refractivity contribution in [2.75, 3.05) is 18.1 Å². The molecule has 1 aromatic heterocycles. The molecule has 0 saturated carbocycles. The first kappa shape index (κ1) is 19.3. The molecule has 144 valence electrons. The lowest BCUT2D eigenvalue weighted by Gasteiger charge is -2.30. The average Bonchev–Trinajstić information content (AvgIpc) is 2.58. The number of carbonyl (C=O) groups excluding carboxylic acids is 1. The van der Waals surface area contributed by atoms with Gasteiger partial charge in [0, 0.05) is 18.8 Å². The number of aromatic nitrogens is 1. The predicted molar refractivity (Wildman–Crippen MR) is 87.2 cm³/mol. The fourth-order valence-corrected chi connectivity index (χ4v) is 3.03. The van der Waals surface area contributed by atoms with Gasteiger partial charge in [-0.1, -0.05) is 11.6 Å². The summed E-state index contributed by atoms with van der Waals surface area (Å²) in [6, 6.07) is 2.94. The Balaban J connectivity index is 1.87. The number of carbonyl (C=O) groups is 1. The summed E-state index contributed by atoms with van der Waals surface area (Å²) in [5, 5.41) is -0.290. The van der Waals surface area contributed by atoms with Crippen LogP contribution in [0.4, 0.5) is 27.6 Å². The molecule has 0 fully saturated rings. The van der Waals surface area contributed by atoms with Crippen molar-refractivity contribution < 1.29 is 31.5 Å². The number of benzene rings is 1. The van der Waals surface area contributed by atoms with E-state index < -0.39 is 36.2 Å². The highest BCUT2D eigenvalue weighted by molar-refractivity contribution is 6.32. The van der Waals surface area contributed by atoms with Crippen LogP contribution in [0.3, 0.4) is 0 Å². The number of hydrogen-bond acceptors (Lipinski definition) is 3. The fraction of sp³-hybridized carbons (Fsp3) is 0.294. The molecule has 3 rings (SSSR count). The van der Waals surface area contributed by atoms with Crippen LogP contribution >= 0.6 is 11.6 Å². The second-order valence-electron chi connectivity index (χ2n) is 5.87. The Morgan fingerprint density at radius 1 is 1.26 bits per heavy atom. The van der Waals surface area contributed by atoms with Gasteiger partial charge in [0.15, 0.2) is 6.61 Å². The van der Waals surface area contributed by atoms with Crippen LogP contribution in [0.15, 0.2) is 24.4 Å². The fourth-order valence-electron chi connectivity index (χ4n) is 2.81. The van der Waals surface area contributed by atoms with Crippen molar-refractivity contribution in [2.45, 2.75) is 19.0 Å². The van der Waals surface area contributed by atoms with Gasteiger partial charge in [-0.05, 0) is 30.5 Å². The van der Waals surface area contributed by atoms with E-state index in [1.54, 1.807) is 0 Å². The van der Waals surface area contributed by atoms with Crippen LogP contribution in [0.25, 0.3) is 0 Å². The zero-order valence-electron chi connectivity index (χ0n) is 13.6. The number of hydrogen-bond donors (Lipinski definition) is 0. The molecule has 10 heteroatoms. The minimum atomic E-state index is -4.57. The Hall–Kier alpha value is -2.42. The molecule has 27 heavy (non-hydrogen) atoms. The first-order valence-corrected chi connectivity index (χ1v) is 8.18. The summed E-state index contributed by atoms with van der Waals surface area (Å²) < 4.78 is 68.7. The van der Waals surface area contributed by atoms with Gasteiger partial charge in [-0.3, -0.25) is 4.79 Å². The third kappa shape index (κ3) is 4.29. The maximum Gasteiger partial charge on any atom is 0.422 e. The normalized spacial score (nSPS) is 14.1. The molecule has 0 saturated heterocycles. The third-order valence-corrected chi connectivity index (χ3v) is 4.15. The van der Waals surface area contributed by atoms with Gasteiger partial charge >= 0.3 is 6.18 Å². The summed E-state index contributed by atoms with van der Waals surface area (Å²) in [7, 11) is 0. The number of halogens is 6. The van der Waals surface area contributed by atoms with E-state index in [2.05, 4.69) is 9.72 Å². The van der Waals surface area contributed by atoms with Crippen molar-refractivity contribution in [3.8, 4) is 5.88 Å². The number of fused-ring (bicyclic) bond motifs is 1. The molecule has 0 bridgehead atoms. The molecule has 1 aromatic carbocycles. The van der Waals surface area contributed by atoms with Crippen molar-refractivity contribution in [2.24, 2.45) is 0 Å². The van der Waals surface area contributed by atoms with E-state index in [0.717, 1.165) is 23.2 Å². The summed E-state index contributed by atoms with van der Waals surface area (Å²) in [5.41, 5.74) is 0.272. The van der Waals surface area contributed by atoms with Crippen molar-refractivity contribution in [1.29, 1.82) is 0 Å². The number of rotatable bonds is 3. The summed E-state index contributed by atoms with van der Waals surface area (Å²) in [6.07, 6.45) is -2.66. The van der Waals surface area contributed by atoms with Crippen LogP contribution in [0, 0.1) is 11.6 Å². The quantitative estimate of drug-likeness (QED) is 0.702. The number of aryl methyl sites for hydroxylation is 1. The topological polar surface area (TPSA) is 42.4 Å². The van der Waals surface area contributed by atoms with E-state index in [-0.39, 0.29) is 22.8 Å². The molecule has 0 spiro atoms. The highest BCUT2D eigenvalue weighted by Crippen LogP contribution is 2.33. The first-order valence-electron chi connectivity index (χ1n) is 7.80. The minimum Gasteiger partial charge on any atom is -0.467 e. The molecule has 2 heterocycles. The van der Waals surface area contributed by atoms with E-state index in [4.69, 9.17) is 11.6 Å². The van der Waals surface area contributed by atoms with Gasteiger partial charge in [0.25, 0.3) is 5.91 Å². The molecule has 1 aliphatic heterocycles. The van der Waals surface area contributed by atoms with Crippen LogP contribution in [0.5, 0.6) is 5.88 Å². The van der Waals surface area contributed by atoms with Gasteiger partial charge in [-0.25, -0.2) is 13.8 Å². The predicted octanol–water partition coefficient (Wildman–Crippen LogP) is 4.55. The highest BCUT2D eigenvalue weighted by atomic mass is 35.5. The van der Waals surface area contributed by atoms with E-state index in [1.807, 2.05) is 0 Å². The highest BCUT2D eigenvalue weighted by Gasteiger charge is 2.30. The lowest BCUT2D eigenvalue weighted by atomic mass is 10.00. The molecule has 0 N–H and O–H groups in total. The maximum absolute atomic E-state index is 14.2. The van der Waals surface area contributed by atoms with E-state index >= 15 is 0 Å². The number of nitrogens with zero attached hydrogens (tertiary/aromatic N) is 2. The van der Waals surface area contributed by atoms with Crippen LogP contribution in [-0.4, -0.2) is 30.2 Å². The summed E-state index contributed by atoms with van der Waals surface area (Å²) in [4.78, 5) is 17.5. The van der Waals surface area contributed by atoms with Gasteiger partial charge in [-0.15, -0.1) is 0 Å². The zero-order valence-corrected chi connectivity index (χ0v) is 14.4. The Kier molecular flexibility index (Phi) is 5.23. The molecule has 4 nitrogen and oxygen atoms in total. The first-order chi connectivity index (χ1) is 12.7. The molecular formula is C17H12ClF5N2O2. The second-order valence-corrected chi connectivity index (χ2v) is 6.28. The van der Waals surface area contributed by atoms with E-state index in [0.29, 0.717) is 24.5 Å². The lowest BCUT2D eigenvalue weighted by Crippen LogP contribution is -2.36. The number of alkyl halides is 3. The SMILES string of the molecule is O=C(c1cnc(OCC(F)(F)F)c(Cl)c1)N1CCCc2cc(F)cc(F)c21. The third-order valence-electron chi connectivity index (χ3n) is 3.88. The van der Waals surface area contributed by atoms with Gasteiger partial charge in [0.1, 0.15) is 16.7 Å². The largest absolute Gasteiger partial charge is 0.467 e. The molecule has 0 atom stereocenters. The summed E-state index contributed by atoms with van der Waals surface area (Å²) in [6.45, 7) is -1.39. The van der Waals surface area contributed by atoms with Crippen LogP contribution in [0.2, 0.25) is 5.02 Å². The van der Waals surface area contributed by atoms with E-state index in [1.165, 1.54) is 0 Å². The minimum absolute atomic E-state index is 0.0267. The van der Waals surface area contributed by atoms with Crippen molar-refractivity contribution in [3.63, 3.8) is 0 Å². The molecule has 0 unspecified atom stereocenters. The van der Waals surface area contributed by atoms with Crippen molar-refractivity contribution in [3.05, 3.63) is 52.2 Å². The van der Waals surface area contributed by atoms with Gasteiger partial charge in [0.2, 0.25) is 5.88 Å². The summed E-state index contributed by atoms with van der Waals surface area (Å²) in [5.74, 6) is -2.74. The van der Waals surface area contributed by atoms with Gasteiger partial charge in [-0.2, -0.15) is 13.2 Å². The Morgan fingerprint density at radius 2 is 2.00 bits per heavy atom. The van der Waals surface area contributed by atoms with Crippen LogP contribution < -0.4 is 9.64 Å². The molecule has 2 aromatic rings. The number of ether oxygens (including phenoxy) is 1. The molecule has 1 aliphatic rings. The Labute approximate surface area is 155 Å². The molecule has 0 aliphatic carbocycles. The van der Waals surface area contributed by atoms with E-state index in [9.17, 15) is 26.7 Å². The Bertz CT molecular complexity index is 888. The number of anilines is 1. The van der Waals surface area contributed by atoms with Crippen LogP contribution in [0.1, 0.15) is 22.3 Å². The van der Waals surface area contributed by atoms with Gasteiger partial charge in [0.05, 0.1) is 11.3 Å². The molecular weight excluding hydrogens is 395 g/mol.